The molecule has 108 valence electrons. The molecule has 2 aliphatic rings. The van der Waals surface area contributed by atoms with Crippen molar-refractivity contribution in [1.29, 1.82) is 0 Å². The third-order valence-electron chi connectivity index (χ3n) is 4.60. The number of ether oxygens (including phenoxy) is 1. The standard InChI is InChI=1S/C15H20BBrO3/c1-14(2)15(3,4)20-16(19-14)13-8-11(17)7-10-9-18-6-5-12(10)13/h7-8H,5-6,9H2,1-4H3. The molecule has 0 spiro atoms. The molecule has 3 nitrogen and oxygen atoms in total. The molecule has 20 heavy (non-hydrogen) atoms. The van der Waals surface area contributed by atoms with E-state index < -0.39 is 0 Å². The Morgan fingerprint density at radius 1 is 1.10 bits per heavy atom. The van der Waals surface area contributed by atoms with Crippen LogP contribution in [0.15, 0.2) is 16.6 Å². The lowest BCUT2D eigenvalue weighted by Gasteiger charge is -2.32. The lowest BCUT2D eigenvalue weighted by Crippen LogP contribution is -2.41. The number of fused-ring (bicyclic) bond motifs is 1. The van der Waals surface area contributed by atoms with Gasteiger partial charge in [0.2, 0.25) is 0 Å². The highest BCUT2D eigenvalue weighted by atomic mass is 79.9. The number of rotatable bonds is 1. The maximum absolute atomic E-state index is 6.19. The fourth-order valence-electron chi connectivity index (χ4n) is 2.69. The molecule has 0 atom stereocenters. The van der Waals surface area contributed by atoms with Crippen molar-refractivity contribution in [3.8, 4) is 0 Å². The van der Waals surface area contributed by atoms with Crippen LogP contribution in [0.5, 0.6) is 0 Å². The van der Waals surface area contributed by atoms with Gasteiger partial charge in [0.1, 0.15) is 0 Å². The maximum Gasteiger partial charge on any atom is 0.495 e. The van der Waals surface area contributed by atoms with Crippen LogP contribution in [0.1, 0.15) is 38.8 Å². The molecule has 1 saturated heterocycles. The second-order valence-electron chi connectivity index (χ2n) is 6.52. The van der Waals surface area contributed by atoms with Crippen molar-refractivity contribution in [3.05, 3.63) is 27.7 Å². The minimum atomic E-state index is -0.308. The van der Waals surface area contributed by atoms with Crippen molar-refractivity contribution in [1.82, 2.24) is 0 Å². The number of benzene rings is 1. The lowest BCUT2D eigenvalue weighted by molar-refractivity contribution is 0.00578. The van der Waals surface area contributed by atoms with Crippen LogP contribution in [0.4, 0.5) is 0 Å². The molecular weight excluding hydrogens is 319 g/mol. The third-order valence-corrected chi connectivity index (χ3v) is 5.06. The van der Waals surface area contributed by atoms with Crippen LogP contribution in [0.2, 0.25) is 0 Å². The molecule has 0 aliphatic carbocycles. The van der Waals surface area contributed by atoms with Crippen molar-refractivity contribution >= 4 is 28.5 Å². The van der Waals surface area contributed by atoms with Crippen LogP contribution in [0.3, 0.4) is 0 Å². The van der Waals surface area contributed by atoms with Gasteiger partial charge >= 0.3 is 7.12 Å². The maximum atomic E-state index is 6.19. The summed E-state index contributed by atoms with van der Waals surface area (Å²) in [6.45, 7) is 9.77. The van der Waals surface area contributed by atoms with Gasteiger partial charge in [-0.15, -0.1) is 0 Å². The first kappa shape index (κ1) is 14.6. The van der Waals surface area contributed by atoms with E-state index in [-0.39, 0.29) is 18.3 Å². The molecule has 0 N–H and O–H groups in total. The molecule has 5 heteroatoms. The fourth-order valence-corrected chi connectivity index (χ4v) is 3.21. The Balaban J connectivity index is 2.01. The van der Waals surface area contributed by atoms with Crippen molar-refractivity contribution in [2.75, 3.05) is 6.61 Å². The Morgan fingerprint density at radius 3 is 2.40 bits per heavy atom. The predicted molar refractivity (Wildman–Crippen MR) is 83.2 cm³/mol. The number of halogens is 1. The van der Waals surface area contributed by atoms with Crippen molar-refractivity contribution < 1.29 is 14.0 Å². The summed E-state index contributed by atoms with van der Waals surface area (Å²) in [5.74, 6) is 0. The summed E-state index contributed by atoms with van der Waals surface area (Å²) in [4.78, 5) is 0. The minimum Gasteiger partial charge on any atom is -0.399 e. The molecule has 0 saturated carbocycles. The molecule has 0 bridgehead atoms. The van der Waals surface area contributed by atoms with Crippen molar-refractivity contribution in [2.45, 2.75) is 51.9 Å². The smallest absolute Gasteiger partial charge is 0.399 e. The van der Waals surface area contributed by atoms with Crippen LogP contribution >= 0.6 is 15.9 Å². The van der Waals surface area contributed by atoms with E-state index in [0.29, 0.717) is 6.61 Å². The van der Waals surface area contributed by atoms with Crippen molar-refractivity contribution in [3.63, 3.8) is 0 Å². The first-order chi connectivity index (χ1) is 9.30. The van der Waals surface area contributed by atoms with E-state index in [2.05, 4.69) is 55.8 Å². The Kier molecular flexibility index (Phi) is 3.52. The molecule has 1 aromatic rings. The molecular formula is C15H20BBrO3. The topological polar surface area (TPSA) is 27.7 Å². The molecule has 0 radical (unpaired) electrons. The van der Waals surface area contributed by atoms with Crippen LogP contribution < -0.4 is 5.46 Å². The van der Waals surface area contributed by atoms with Crippen molar-refractivity contribution in [2.24, 2.45) is 0 Å². The third kappa shape index (κ3) is 2.35. The van der Waals surface area contributed by atoms with Gasteiger partial charge in [-0.3, -0.25) is 0 Å². The van der Waals surface area contributed by atoms with Gasteiger partial charge in [-0.05, 0) is 62.8 Å². The Hall–Kier alpha value is -0.355. The SMILES string of the molecule is CC1(C)OB(c2cc(Br)cc3c2CCOC3)OC1(C)C. The molecule has 0 unspecified atom stereocenters. The van der Waals surface area contributed by atoms with Gasteiger partial charge in [0.15, 0.2) is 0 Å². The van der Waals surface area contributed by atoms with Crippen LogP contribution in [-0.2, 0) is 27.1 Å². The average Bonchev–Trinajstić information content (AvgIpc) is 2.57. The summed E-state index contributed by atoms with van der Waals surface area (Å²) in [7, 11) is -0.302. The Labute approximate surface area is 129 Å². The van der Waals surface area contributed by atoms with Crippen LogP contribution in [-0.4, -0.2) is 24.9 Å². The molecule has 0 aromatic heterocycles. The lowest BCUT2D eigenvalue weighted by atomic mass is 9.73. The van der Waals surface area contributed by atoms with E-state index in [4.69, 9.17) is 14.0 Å². The van der Waals surface area contributed by atoms with E-state index in [1.807, 2.05) is 0 Å². The molecule has 2 heterocycles. The Morgan fingerprint density at radius 2 is 1.75 bits per heavy atom. The fraction of sp³-hybridized carbons (Fsp3) is 0.600. The highest BCUT2D eigenvalue weighted by Crippen LogP contribution is 2.37. The normalized spacial score (nSPS) is 23.8. The molecule has 2 aliphatic heterocycles. The molecule has 3 rings (SSSR count). The van der Waals surface area contributed by atoms with E-state index in [9.17, 15) is 0 Å². The summed E-state index contributed by atoms with van der Waals surface area (Å²) in [6.07, 6.45) is 0.919. The van der Waals surface area contributed by atoms with E-state index in [1.54, 1.807) is 0 Å². The summed E-state index contributed by atoms with van der Waals surface area (Å²) in [5, 5.41) is 0. The summed E-state index contributed by atoms with van der Waals surface area (Å²) < 4.78 is 19.0. The summed E-state index contributed by atoms with van der Waals surface area (Å²) >= 11 is 3.58. The van der Waals surface area contributed by atoms with Gasteiger partial charge in [-0.1, -0.05) is 15.9 Å². The van der Waals surface area contributed by atoms with Gasteiger partial charge in [-0.25, -0.2) is 0 Å². The quantitative estimate of drug-likeness (QED) is 0.737. The van der Waals surface area contributed by atoms with Crippen LogP contribution in [0.25, 0.3) is 0 Å². The highest BCUT2D eigenvalue weighted by Gasteiger charge is 2.52. The largest absolute Gasteiger partial charge is 0.495 e. The van der Waals surface area contributed by atoms with Gasteiger partial charge in [0.05, 0.1) is 24.4 Å². The van der Waals surface area contributed by atoms with Gasteiger partial charge in [0, 0.05) is 4.47 Å². The highest BCUT2D eigenvalue weighted by molar-refractivity contribution is 9.10. The zero-order chi connectivity index (χ0) is 14.5. The van der Waals surface area contributed by atoms with Crippen LogP contribution in [0, 0.1) is 0 Å². The first-order valence-electron chi connectivity index (χ1n) is 7.05. The summed E-state index contributed by atoms with van der Waals surface area (Å²) in [5.41, 5.74) is 3.07. The summed E-state index contributed by atoms with van der Waals surface area (Å²) in [6, 6.07) is 4.25. The van der Waals surface area contributed by atoms with E-state index in [0.717, 1.165) is 23.0 Å². The Bertz CT molecular complexity index is 526. The molecule has 1 aromatic carbocycles. The van der Waals surface area contributed by atoms with Gasteiger partial charge < -0.3 is 14.0 Å². The van der Waals surface area contributed by atoms with E-state index in [1.165, 1.54) is 11.1 Å². The average molecular weight is 339 g/mol. The minimum absolute atomic E-state index is 0.302. The second kappa shape index (κ2) is 4.84. The first-order valence-corrected chi connectivity index (χ1v) is 7.84. The number of hydrogen-bond donors (Lipinski definition) is 0. The molecule has 0 amide bonds. The second-order valence-corrected chi connectivity index (χ2v) is 7.44. The van der Waals surface area contributed by atoms with Gasteiger partial charge in [0.25, 0.3) is 0 Å². The monoisotopic (exact) mass is 338 g/mol. The predicted octanol–water partition coefficient (Wildman–Crippen LogP) is 2.82. The van der Waals surface area contributed by atoms with E-state index >= 15 is 0 Å². The number of hydrogen-bond acceptors (Lipinski definition) is 3. The zero-order valence-corrected chi connectivity index (χ0v) is 14.0. The van der Waals surface area contributed by atoms with Gasteiger partial charge in [-0.2, -0.15) is 0 Å². The zero-order valence-electron chi connectivity index (χ0n) is 12.5. The molecule has 1 fully saturated rings.